The van der Waals surface area contributed by atoms with Crippen molar-refractivity contribution in [3.63, 3.8) is 0 Å². The normalized spacial score (nSPS) is 15.9. The van der Waals surface area contributed by atoms with E-state index in [4.69, 9.17) is 9.84 Å². The summed E-state index contributed by atoms with van der Waals surface area (Å²) >= 11 is 0. The van der Waals surface area contributed by atoms with Crippen molar-refractivity contribution < 1.29 is 9.53 Å². The molecule has 2 aromatic heterocycles. The highest BCUT2D eigenvalue weighted by atomic mass is 16.5. The van der Waals surface area contributed by atoms with Crippen molar-refractivity contribution in [3.05, 3.63) is 96.4 Å². The highest BCUT2D eigenvalue weighted by Gasteiger charge is 2.28. The van der Waals surface area contributed by atoms with Gasteiger partial charge in [0.15, 0.2) is 0 Å². The number of nitrogens with one attached hydrogen (secondary N) is 1. The molecule has 7 nitrogen and oxygen atoms in total. The number of carbonyl (C=O) groups is 1. The number of aromatic nitrogens is 3. The molecule has 0 radical (unpaired) electrons. The van der Waals surface area contributed by atoms with Gasteiger partial charge in [0.1, 0.15) is 0 Å². The van der Waals surface area contributed by atoms with Gasteiger partial charge >= 0.3 is 5.97 Å². The number of esters is 1. The van der Waals surface area contributed by atoms with Gasteiger partial charge in [-0.2, -0.15) is 5.10 Å². The van der Waals surface area contributed by atoms with Gasteiger partial charge in [0.2, 0.25) is 0 Å². The Kier molecular flexibility index (Phi) is 6.35. The van der Waals surface area contributed by atoms with Crippen LogP contribution in [0.3, 0.4) is 0 Å². The van der Waals surface area contributed by atoms with Crippen LogP contribution >= 0.6 is 0 Å². The first-order chi connectivity index (χ1) is 16.7. The summed E-state index contributed by atoms with van der Waals surface area (Å²) in [6, 6.07) is 22.7. The van der Waals surface area contributed by atoms with E-state index in [1.165, 1.54) is 12.7 Å². The lowest BCUT2D eigenvalue weighted by molar-refractivity contribution is 0.0602. The van der Waals surface area contributed by atoms with Crippen LogP contribution < -0.4 is 5.32 Å². The molecule has 1 unspecified atom stereocenters. The minimum Gasteiger partial charge on any atom is -0.465 e. The highest BCUT2D eigenvalue weighted by molar-refractivity contribution is 5.96. The number of benzene rings is 2. The lowest BCUT2D eigenvalue weighted by Crippen LogP contribution is -2.22. The highest BCUT2D eigenvalue weighted by Crippen LogP contribution is 2.35. The summed E-state index contributed by atoms with van der Waals surface area (Å²) in [5.41, 5.74) is 5.22. The number of hydrogen-bond donors (Lipinski definition) is 1. The second kappa shape index (κ2) is 9.89. The molecule has 1 saturated heterocycles. The second-order valence-electron chi connectivity index (χ2n) is 8.42. The molecule has 1 N–H and O–H groups in total. The number of pyridine rings is 1. The van der Waals surface area contributed by atoms with E-state index in [1.54, 1.807) is 18.5 Å². The number of anilines is 2. The molecule has 1 atom stereocenters. The molecule has 0 saturated carbocycles. The predicted molar refractivity (Wildman–Crippen MR) is 132 cm³/mol. The number of ether oxygens (including phenoxy) is 1. The van der Waals surface area contributed by atoms with Gasteiger partial charge in [-0.05, 0) is 18.1 Å². The molecule has 0 aliphatic carbocycles. The van der Waals surface area contributed by atoms with Crippen LogP contribution in [-0.2, 0) is 11.3 Å². The summed E-state index contributed by atoms with van der Waals surface area (Å²) in [5, 5.41) is 8.19. The first-order valence-electron chi connectivity index (χ1n) is 11.4. The third-order valence-corrected chi connectivity index (χ3v) is 6.18. The second-order valence-corrected chi connectivity index (χ2v) is 8.42. The average Bonchev–Trinajstić information content (AvgIpc) is 3.52. The standard InChI is InChI=1S/C27H27N5O2/c1-34-27(33)23-12-14-28-16-24(23)30-25-17-29-32(26(25)21-10-6-3-7-11-21)22-13-15-31(19-22)18-20-8-4-2-5-9-20/h2-12,14,16-17,22,30H,13,15,18-19H2,1H3. The van der Waals surface area contributed by atoms with Crippen LogP contribution in [0.4, 0.5) is 11.4 Å². The Bertz CT molecular complexity index is 1260. The molecule has 172 valence electrons. The van der Waals surface area contributed by atoms with Gasteiger partial charge in [-0.1, -0.05) is 60.7 Å². The molecule has 2 aromatic carbocycles. The molecular weight excluding hydrogens is 426 g/mol. The fourth-order valence-corrected chi connectivity index (χ4v) is 4.54. The summed E-state index contributed by atoms with van der Waals surface area (Å²) < 4.78 is 7.07. The maximum absolute atomic E-state index is 12.3. The van der Waals surface area contributed by atoms with Crippen molar-refractivity contribution in [3.8, 4) is 11.3 Å². The third-order valence-electron chi connectivity index (χ3n) is 6.18. The summed E-state index contributed by atoms with van der Waals surface area (Å²) in [7, 11) is 1.38. The van der Waals surface area contributed by atoms with E-state index >= 15 is 0 Å². The van der Waals surface area contributed by atoms with E-state index in [2.05, 4.69) is 62.3 Å². The van der Waals surface area contributed by atoms with Crippen LogP contribution in [0, 0.1) is 0 Å². The quantitative estimate of drug-likeness (QED) is 0.401. The zero-order valence-corrected chi connectivity index (χ0v) is 19.1. The smallest absolute Gasteiger partial charge is 0.340 e. The van der Waals surface area contributed by atoms with E-state index in [-0.39, 0.29) is 6.04 Å². The number of hydrogen-bond acceptors (Lipinski definition) is 6. The van der Waals surface area contributed by atoms with Crippen LogP contribution in [-0.4, -0.2) is 45.8 Å². The van der Waals surface area contributed by atoms with Crippen LogP contribution in [0.2, 0.25) is 0 Å². The van der Waals surface area contributed by atoms with Gasteiger partial charge in [-0.25, -0.2) is 4.79 Å². The Morgan fingerprint density at radius 3 is 2.56 bits per heavy atom. The van der Waals surface area contributed by atoms with E-state index in [1.807, 2.05) is 24.4 Å². The SMILES string of the molecule is COC(=O)c1ccncc1Nc1cnn(C2CCN(Cc3ccccc3)C2)c1-c1ccccc1. The average molecular weight is 454 g/mol. The van der Waals surface area contributed by atoms with Gasteiger partial charge in [0.05, 0.1) is 48.2 Å². The van der Waals surface area contributed by atoms with Gasteiger partial charge in [-0.15, -0.1) is 0 Å². The summed E-state index contributed by atoms with van der Waals surface area (Å²) in [5.74, 6) is -0.411. The molecular formula is C27H27N5O2. The maximum Gasteiger partial charge on any atom is 0.340 e. The topological polar surface area (TPSA) is 72.3 Å². The summed E-state index contributed by atoms with van der Waals surface area (Å²) in [6.45, 7) is 2.88. The van der Waals surface area contributed by atoms with Crippen LogP contribution in [0.25, 0.3) is 11.3 Å². The van der Waals surface area contributed by atoms with Gasteiger partial charge < -0.3 is 10.1 Å². The Morgan fingerprint density at radius 1 is 1.03 bits per heavy atom. The third kappa shape index (κ3) is 4.56. The monoisotopic (exact) mass is 453 g/mol. The van der Waals surface area contributed by atoms with Crippen molar-refractivity contribution in [2.24, 2.45) is 0 Å². The van der Waals surface area contributed by atoms with Gasteiger partial charge in [0, 0.05) is 31.4 Å². The Labute approximate surface area is 199 Å². The lowest BCUT2D eigenvalue weighted by atomic mass is 10.1. The molecule has 34 heavy (non-hydrogen) atoms. The first kappa shape index (κ1) is 21.9. The Hall–Kier alpha value is -3.97. The number of methoxy groups -OCH3 is 1. The molecule has 0 bridgehead atoms. The fourth-order valence-electron chi connectivity index (χ4n) is 4.54. The molecule has 4 aromatic rings. The molecule has 3 heterocycles. The van der Waals surface area contributed by atoms with Gasteiger partial charge in [-0.3, -0.25) is 14.6 Å². The van der Waals surface area contributed by atoms with E-state index < -0.39 is 5.97 Å². The van der Waals surface area contributed by atoms with Crippen molar-refractivity contribution in [2.75, 3.05) is 25.5 Å². The summed E-state index contributed by atoms with van der Waals surface area (Å²) in [6.07, 6.45) is 6.07. The fraction of sp³-hybridized carbons (Fsp3) is 0.222. The minimum atomic E-state index is -0.411. The number of rotatable bonds is 7. The van der Waals surface area contributed by atoms with Gasteiger partial charge in [0.25, 0.3) is 0 Å². The summed E-state index contributed by atoms with van der Waals surface area (Å²) in [4.78, 5) is 18.9. The molecule has 0 spiro atoms. The minimum absolute atomic E-state index is 0.253. The molecule has 5 rings (SSSR count). The Balaban J connectivity index is 1.45. The van der Waals surface area contributed by atoms with Crippen LogP contribution in [0.15, 0.2) is 85.3 Å². The van der Waals surface area contributed by atoms with Crippen LogP contribution in [0.5, 0.6) is 0 Å². The van der Waals surface area contributed by atoms with Crippen molar-refractivity contribution in [1.29, 1.82) is 0 Å². The zero-order valence-electron chi connectivity index (χ0n) is 19.1. The Morgan fingerprint density at radius 2 is 1.79 bits per heavy atom. The first-order valence-corrected chi connectivity index (χ1v) is 11.4. The maximum atomic E-state index is 12.3. The van der Waals surface area contributed by atoms with E-state index in [0.717, 1.165) is 43.0 Å². The zero-order chi connectivity index (χ0) is 23.3. The molecule has 0 amide bonds. The lowest BCUT2D eigenvalue weighted by Gasteiger charge is -2.19. The van der Waals surface area contributed by atoms with Crippen molar-refractivity contribution in [2.45, 2.75) is 19.0 Å². The molecule has 1 fully saturated rings. The molecule has 1 aliphatic heterocycles. The number of nitrogens with zero attached hydrogens (tertiary/aromatic N) is 4. The molecule has 1 aliphatic rings. The van der Waals surface area contributed by atoms with Crippen LogP contribution in [0.1, 0.15) is 28.4 Å². The van der Waals surface area contributed by atoms with E-state index in [9.17, 15) is 4.79 Å². The molecule has 7 heteroatoms. The van der Waals surface area contributed by atoms with Crippen molar-refractivity contribution >= 4 is 17.3 Å². The van der Waals surface area contributed by atoms with Crippen molar-refractivity contribution in [1.82, 2.24) is 19.7 Å². The number of likely N-dealkylation sites (tertiary alicyclic amines) is 1. The largest absolute Gasteiger partial charge is 0.465 e. The number of carbonyl (C=O) groups excluding carboxylic acids is 1. The predicted octanol–water partition coefficient (Wildman–Crippen LogP) is 4.92. The van der Waals surface area contributed by atoms with E-state index in [0.29, 0.717) is 11.3 Å².